The molecule has 1 rings (SSSR count). The Morgan fingerprint density at radius 3 is 2.82 bits per heavy atom. The molecule has 28 heavy (non-hydrogen) atoms. The molecule has 1 aliphatic rings. The summed E-state index contributed by atoms with van der Waals surface area (Å²) in [6.45, 7) is 12.0. The quantitative estimate of drug-likeness (QED) is 0.303. The van der Waals surface area contributed by atoms with Crippen molar-refractivity contribution in [1.82, 2.24) is 5.32 Å². The van der Waals surface area contributed by atoms with Gasteiger partial charge in [-0.3, -0.25) is 0 Å². The number of hydrogen-bond donors (Lipinski definition) is 4. The second kappa shape index (κ2) is 12.6. The van der Waals surface area contributed by atoms with Crippen LogP contribution in [0.2, 0.25) is 0 Å². The fourth-order valence-corrected chi connectivity index (χ4v) is 2.22. The van der Waals surface area contributed by atoms with Gasteiger partial charge in [-0.1, -0.05) is 38.3 Å². The Hall–Kier alpha value is -2.70. The van der Waals surface area contributed by atoms with E-state index in [4.69, 9.17) is 26.0 Å². The highest BCUT2D eigenvalue weighted by molar-refractivity contribution is 5.40. The lowest BCUT2D eigenvalue weighted by Gasteiger charge is -2.19. The van der Waals surface area contributed by atoms with Crippen molar-refractivity contribution in [1.29, 1.82) is 0 Å². The summed E-state index contributed by atoms with van der Waals surface area (Å²) in [7, 11) is 0. The second-order valence-electron chi connectivity index (χ2n) is 6.42. The molecule has 0 saturated carbocycles. The minimum Gasteiger partial charge on any atom is -0.494 e. The van der Waals surface area contributed by atoms with Gasteiger partial charge in [0.2, 0.25) is 0 Å². The fraction of sp³-hybridized carbons (Fsp3) is 0.364. The van der Waals surface area contributed by atoms with Crippen molar-refractivity contribution < 1.29 is 14.6 Å². The van der Waals surface area contributed by atoms with Crippen molar-refractivity contribution in [2.45, 2.75) is 38.8 Å². The van der Waals surface area contributed by atoms with Crippen LogP contribution < -0.4 is 16.8 Å². The summed E-state index contributed by atoms with van der Waals surface area (Å²) in [6.07, 6.45) is 14.7. The Kier molecular flexibility index (Phi) is 10.5. The van der Waals surface area contributed by atoms with Crippen LogP contribution in [0.25, 0.3) is 0 Å². The molecular formula is C22H33N3O3. The van der Waals surface area contributed by atoms with Crippen LogP contribution in [0.1, 0.15) is 26.7 Å². The molecule has 0 heterocycles. The molecule has 0 radical (unpaired) electrons. The minimum atomic E-state index is -0.531. The predicted molar refractivity (Wildman–Crippen MR) is 115 cm³/mol. The molecule has 0 amide bonds. The van der Waals surface area contributed by atoms with Gasteiger partial charge in [-0.25, -0.2) is 0 Å². The van der Waals surface area contributed by atoms with Crippen LogP contribution in [0, 0.1) is 0 Å². The second-order valence-corrected chi connectivity index (χ2v) is 6.42. The first-order valence-corrected chi connectivity index (χ1v) is 9.36. The molecule has 6 nitrogen and oxygen atoms in total. The molecule has 0 bridgehead atoms. The zero-order valence-electron chi connectivity index (χ0n) is 16.9. The van der Waals surface area contributed by atoms with Gasteiger partial charge in [0.25, 0.3) is 0 Å². The Labute approximate surface area is 168 Å². The molecule has 1 aliphatic carbocycles. The van der Waals surface area contributed by atoms with Crippen LogP contribution in [-0.4, -0.2) is 30.5 Å². The smallest absolute Gasteiger partial charge is 0.120 e. The van der Waals surface area contributed by atoms with E-state index >= 15 is 0 Å². The molecule has 0 aliphatic heterocycles. The van der Waals surface area contributed by atoms with Crippen molar-refractivity contribution in [3.63, 3.8) is 0 Å². The third kappa shape index (κ3) is 8.79. The van der Waals surface area contributed by atoms with Gasteiger partial charge in [-0.2, -0.15) is 0 Å². The number of aliphatic hydroxyl groups is 1. The van der Waals surface area contributed by atoms with E-state index in [1.54, 1.807) is 6.20 Å². The molecule has 1 unspecified atom stereocenters. The molecule has 2 atom stereocenters. The molecule has 0 fully saturated rings. The number of ether oxygens (including phenoxy) is 2. The maximum atomic E-state index is 9.00. The van der Waals surface area contributed by atoms with E-state index in [0.717, 1.165) is 17.8 Å². The first-order valence-electron chi connectivity index (χ1n) is 9.36. The molecule has 6 heteroatoms. The van der Waals surface area contributed by atoms with E-state index in [9.17, 15) is 0 Å². The van der Waals surface area contributed by atoms with Crippen molar-refractivity contribution in [2.75, 3.05) is 13.2 Å². The van der Waals surface area contributed by atoms with E-state index in [-0.39, 0.29) is 12.7 Å². The summed E-state index contributed by atoms with van der Waals surface area (Å²) in [6, 6.07) is -0.531. The Morgan fingerprint density at radius 1 is 1.46 bits per heavy atom. The van der Waals surface area contributed by atoms with Gasteiger partial charge in [0, 0.05) is 18.3 Å². The summed E-state index contributed by atoms with van der Waals surface area (Å²) in [5.74, 6) is 1.43. The fourth-order valence-electron chi connectivity index (χ4n) is 2.22. The van der Waals surface area contributed by atoms with Gasteiger partial charge >= 0.3 is 0 Å². The molecule has 0 aromatic rings. The molecule has 154 valence electrons. The third-order valence-corrected chi connectivity index (χ3v) is 3.89. The lowest BCUT2D eigenvalue weighted by atomic mass is 10.0. The van der Waals surface area contributed by atoms with Gasteiger partial charge in [-0.15, -0.1) is 0 Å². The van der Waals surface area contributed by atoms with Crippen LogP contribution in [0.5, 0.6) is 0 Å². The average Bonchev–Trinajstić information content (AvgIpc) is 2.70. The van der Waals surface area contributed by atoms with Gasteiger partial charge in [0.1, 0.15) is 11.9 Å². The van der Waals surface area contributed by atoms with Gasteiger partial charge in [0.15, 0.2) is 0 Å². The number of nitrogens with one attached hydrogen (secondary N) is 1. The zero-order chi connectivity index (χ0) is 20.9. The molecule has 6 N–H and O–H groups in total. The Morgan fingerprint density at radius 2 is 2.21 bits per heavy atom. The monoisotopic (exact) mass is 387 g/mol. The van der Waals surface area contributed by atoms with Gasteiger partial charge in [0.05, 0.1) is 30.7 Å². The summed E-state index contributed by atoms with van der Waals surface area (Å²) in [4.78, 5) is 0. The van der Waals surface area contributed by atoms with Crippen LogP contribution in [0.4, 0.5) is 0 Å². The number of rotatable bonds is 12. The van der Waals surface area contributed by atoms with E-state index in [1.807, 2.05) is 43.4 Å². The highest BCUT2D eigenvalue weighted by Crippen LogP contribution is 2.19. The summed E-state index contributed by atoms with van der Waals surface area (Å²) in [5.41, 5.74) is 13.7. The van der Waals surface area contributed by atoms with Gasteiger partial charge < -0.3 is 31.4 Å². The molecule has 0 saturated heterocycles. The van der Waals surface area contributed by atoms with E-state index in [2.05, 4.69) is 25.4 Å². The maximum Gasteiger partial charge on any atom is 0.120 e. The first kappa shape index (κ1) is 23.3. The average molecular weight is 388 g/mol. The lowest BCUT2D eigenvalue weighted by molar-refractivity contribution is 0.157. The lowest BCUT2D eigenvalue weighted by Crippen LogP contribution is -2.32. The third-order valence-electron chi connectivity index (χ3n) is 3.89. The Bertz CT molecular complexity index is 687. The van der Waals surface area contributed by atoms with E-state index in [1.165, 1.54) is 0 Å². The van der Waals surface area contributed by atoms with Crippen molar-refractivity contribution in [2.24, 2.45) is 11.5 Å². The van der Waals surface area contributed by atoms with Crippen LogP contribution in [-0.2, 0) is 9.47 Å². The summed E-state index contributed by atoms with van der Waals surface area (Å²) >= 11 is 0. The van der Waals surface area contributed by atoms with Crippen LogP contribution in [0.3, 0.4) is 0 Å². The molecular weight excluding hydrogens is 354 g/mol. The normalized spacial score (nSPS) is 18.6. The van der Waals surface area contributed by atoms with Gasteiger partial charge in [-0.05, 0) is 37.1 Å². The number of allylic oxidation sites excluding steroid dienone is 5. The van der Waals surface area contributed by atoms with E-state index < -0.39 is 6.04 Å². The van der Waals surface area contributed by atoms with E-state index in [0.29, 0.717) is 30.2 Å². The topological polar surface area (TPSA) is 103 Å². The van der Waals surface area contributed by atoms with Crippen molar-refractivity contribution in [3.05, 3.63) is 84.3 Å². The summed E-state index contributed by atoms with van der Waals surface area (Å²) < 4.78 is 11.3. The predicted octanol–water partition coefficient (Wildman–Crippen LogP) is 2.88. The largest absolute Gasteiger partial charge is 0.494 e. The maximum absolute atomic E-state index is 9.00. The highest BCUT2D eigenvalue weighted by atomic mass is 16.5. The molecule has 0 aromatic carbocycles. The first-order chi connectivity index (χ1) is 13.4. The Balaban J connectivity index is 2.49. The standard InChI is InChI=1S/C22H33N3O3/c1-5-13-27-16(2)7-6-8-17(3)28-20-11-9-19(10-12-20)21(23)14-25-18(4)22(24)15-26/h6-11,14,20,22,25-26H,2,4-5,12-13,15,23-24H2,1,3H3/b7-6-,17-8+,21-14-/t20?,22-/m0/s1. The molecule has 0 spiro atoms. The van der Waals surface area contributed by atoms with Crippen LogP contribution in [0.15, 0.2) is 84.3 Å². The number of aliphatic hydroxyl groups excluding tert-OH is 1. The zero-order valence-corrected chi connectivity index (χ0v) is 16.9. The highest BCUT2D eigenvalue weighted by Gasteiger charge is 2.11. The number of hydrogen-bond acceptors (Lipinski definition) is 6. The summed E-state index contributed by atoms with van der Waals surface area (Å²) in [5, 5.41) is 11.9. The number of nitrogens with two attached hydrogens (primary N) is 2. The van der Waals surface area contributed by atoms with Crippen molar-refractivity contribution in [3.8, 4) is 0 Å². The minimum absolute atomic E-state index is 0.0496. The molecule has 0 aromatic heterocycles. The van der Waals surface area contributed by atoms with Crippen LogP contribution >= 0.6 is 0 Å². The SMILES string of the molecule is C=C(/C=C\C=C(/C)OC1C=CC(/C(N)=C/NC(=C)[C@@H](N)CO)=CC1)OCCC. The van der Waals surface area contributed by atoms with Crippen molar-refractivity contribution >= 4 is 0 Å².